The minimum Gasteiger partial charge on any atom is -0.391 e. The Bertz CT molecular complexity index is 372. The minimum absolute atomic E-state index is 0.119. The Hall–Kier alpha value is -1.14. The number of aliphatic hydroxyl groups excluding tert-OH is 1. The smallest absolute Gasteiger partial charge is 0.228 e. The highest BCUT2D eigenvalue weighted by molar-refractivity contribution is 6.28. The van der Waals surface area contributed by atoms with Crippen LogP contribution in [0.25, 0.3) is 0 Å². The van der Waals surface area contributed by atoms with Gasteiger partial charge in [-0.25, -0.2) is 0 Å². The summed E-state index contributed by atoms with van der Waals surface area (Å²) < 4.78 is 0. The van der Waals surface area contributed by atoms with Crippen molar-refractivity contribution in [1.82, 2.24) is 15.0 Å². The van der Waals surface area contributed by atoms with Crippen molar-refractivity contribution in [1.29, 1.82) is 0 Å². The van der Waals surface area contributed by atoms with Crippen LogP contribution in [0.15, 0.2) is 0 Å². The Morgan fingerprint density at radius 2 is 1.78 bits per heavy atom. The molecule has 6 nitrogen and oxygen atoms in total. The third-order valence-corrected chi connectivity index (χ3v) is 3.06. The van der Waals surface area contributed by atoms with Gasteiger partial charge < -0.3 is 15.7 Å². The molecule has 0 bridgehead atoms. The Labute approximate surface area is 112 Å². The average Bonchev–Trinajstić information content (AvgIpc) is 2.37. The van der Waals surface area contributed by atoms with E-state index >= 15 is 0 Å². The Kier molecular flexibility index (Phi) is 6.07. The van der Waals surface area contributed by atoms with E-state index < -0.39 is 6.10 Å². The molecule has 0 spiro atoms. The van der Waals surface area contributed by atoms with Crippen LogP contribution in [-0.2, 0) is 0 Å². The molecule has 0 aliphatic rings. The van der Waals surface area contributed by atoms with E-state index in [0.717, 1.165) is 12.8 Å². The normalized spacial score (nSPS) is 12.6. The molecule has 0 saturated carbocycles. The van der Waals surface area contributed by atoms with Crippen molar-refractivity contribution in [2.45, 2.75) is 32.8 Å². The largest absolute Gasteiger partial charge is 0.391 e. The highest BCUT2D eigenvalue weighted by atomic mass is 35.5. The molecule has 1 aromatic rings. The van der Waals surface area contributed by atoms with Crippen LogP contribution < -0.4 is 10.6 Å². The third-order valence-electron chi connectivity index (χ3n) is 2.89. The lowest BCUT2D eigenvalue weighted by molar-refractivity contribution is 0.114. The summed E-state index contributed by atoms with van der Waals surface area (Å²) in [6.45, 7) is 4.53. The van der Waals surface area contributed by atoms with Crippen molar-refractivity contribution >= 4 is 23.5 Å². The molecule has 0 radical (unpaired) electrons. The van der Waals surface area contributed by atoms with Gasteiger partial charge in [0, 0.05) is 13.6 Å². The molecule has 1 atom stereocenters. The van der Waals surface area contributed by atoms with Crippen molar-refractivity contribution in [3.05, 3.63) is 5.28 Å². The second-order valence-corrected chi connectivity index (χ2v) is 4.36. The third kappa shape index (κ3) is 4.27. The van der Waals surface area contributed by atoms with E-state index in [1.54, 1.807) is 7.05 Å². The maximum absolute atomic E-state index is 9.98. The highest BCUT2D eigenvalue weighted by Crippen LogP contribution is 2.14. The lowest BCUT2D eigenvalue weighted by Crippen LogP contribution is -2.28. The number of nitrogens with one attached hydrogen (secondary N) is 2. The molecule has 102 valence electrons. The second-order valence-electron chi connectivity index (χ2n) is 4.03. The first-order chi connectivity index (χ1) is 8.60. The summed E-state index contributed by atoms with van der Waals surface area (Å²) in [6, 6.07) is 0. The molecule has 3 N–H and O–H groups in total. The van der Waals surface area contributed by atoms with Crippen molar-refractivity contribution in [2.24, 2.45) is 5.92 Å². The number of halogens is 1. The number of anilines is 2. The molecule has 1 unspecified atom stereocenters. The van der Waals surface area contributed by atoms with E-state index in [2.05, 4.69) is 39.4 Å². The van der Waals surface area contributed by atoms with Crippen LogP contribution in [0.2, 0.25) is 5.28 Å². The molecule has 0 fully saturated rings. The quantitative estimate of drug-likeness (QED) is 0.702. The van der Waals surface area contributed by atoms with Gasteiger partial charge in [-0.05, 0) is 17.5 Å². The fourth-order valence-corrected chi connectivity index (χ4v) is 1.90. The zero-order valence-electron chi connectivity index (χ0n) is 10.9. The number of aromatic nitrogens is 3. The van der Waals surface area contributed by atoms with Gasteiger partial charge in [0.2, 0.25) is 17.2 Å². The molecule has 1 heterocycles. The summed E-state index contributed by atoms with van der Waals surface area (Å²) in [6.07, 6.45) is 1.46. The van der Waals surface area contributed by atoms with Gasteiger partial charge >= 0.3 is 0 Å². The number of rotatable bonds is 7. The Balaban J connectivity index is 2.60. The number of hydrogen-bond acceptors (Lipinski definition) is 6. The SMILES string of the molecule is CCC(CC)C(O)CNc1nc(Cl)nc(NC)n1. The molecule has 0 aromatic carbocycles. The van der Waals surface area contributed by atoms with E-state index in [0.29, 0.717) is 18.4 Å². The zero-order chi connectivity index (χ0) is 13.5. The van der Waals surface area contributed by atoms with Crippen molar-refractivity contribution < 1.29 is 5.11 Å². The molecule has 0 amide bonds. The van der Waals surface area contributed by atoms with Crippen molar-refractivity contribution in [3.63, 3.8) is 0 Å². The van der Waals surface area contributed by atoms with Gasteiger partial charge in [-0.3, -0.25) is 0 Å². The number of nitrogens with zero attached hydrogens (tertiary/aromatic N) is 3. The fraction of sp³-hybridized carbons (Fsp3) is 0.727. The van der Waals surface area contributed by atoms with Crippen LogP contribution in [0.1, 0.15) is 26.7 Å². The molecule has 18 heavy (non-hydrogen) atoms. The van der Waals surface area contributed by atoms with Gasteiger partial charge in [0.05, 0.1) is 6.10 Å². The summed E-state index contributed by atoms with van der Waals surface area (Å²) in [5.74, 6) is 1.04. The summed E-state index contributed by atoms with van der Waals surface area (Å²) in [5.41, 5.74) is 0. The molecule has 1 rings (SSSR count). The molecule has 0 saturated heterocycles. The summed E-state index contributed by atoms with van der Waals surface area (Å²) in [5, 5.41) is 15.9. The summed E-state index contributed by atoms with van der Waals surface area (Å²) in [4.78, 5) is 11.9. The highest BCUT2D eigenvalue weighted by Gasteiger charge is 2.15. The van der Waals surface area contributed by atoms with Gasteiger partial charge in [-0.1, -0.05) is 26.7 Å². The lowest BCUT2D eigenvalue weighted by Gasteiger charge is -2.20. The van der Waals surface area contributed by atoms with Gasteiger partial charge in [0.1, 0.15) is 0 Å². The fourth-order valence-electron chi connectivity index (χ4n) is 1.74. The summed E-state index contributed by atoms with van der Waals surface area (Å²) in [7, 11) is 1.70. The van der Waals surface area contributed by atoms with Crippen LogP contribution in [-0.4, -0.2) is 39.8 Å². The maximum Gasteiger partial charge on any atom is 0.228 e. The number of aliphatic hydroxyl groups is 1. The van der Waals surface area contributed by atoms with Gasteiger partial charge in [0.25, 0.3) is 0 Å². The predicted octanol–water partition coefficient (Wildman–Crippen LogP) is 1.78. The second kappa shape index (κ2) is 7.33. The molecule has 0 aliphatic heterocycles. The van der Waals surface area contributed by atoms with Gasteiger partial charge in [0.15, 0.2) is 0 Å². The average molecular weight is 274 g/mol. The molecule has 1 aromatic heterocycles. The molecular formula is C11H20ClN5O. The number of hydrogen-bond donors (Lipinski definition) is 3. The first kappa shape index (κ1) is 14.9. The molecule has 0 aliphatic carbocycles. The van der Waals surface area contributed by atoms with E-state index in [1.165, 1.54) is 0 Å². The van der Waals surface area contributed by atoms with E-state index in [-0.39, 0.29) is 11.2 Å². The Morgan fingerprint density at radius 3 is 2.33 bits per heavy atom. The maximum atomic E-state index is 9.98. The standard InChI is InChI=1S/C11H20ClN5O/c1-4-7(5-2)8(18)6-14-11-16-9(12)15-10(13-3)17-11/h7-8,18H,4-6H2,1-3H3,(H2,13,14,15,16,17). The lowest BCUT2D eigenvalue weighted by atomic mass is 9.97. The Morgan fingerprint density at radius 1 is 1.17 bits per heavy atom. The first-order valence-electron chi connectivity index (χ1n) is 6.11. The summed E-state index contributed by atoms with van der Waals surface area (Å²) >= 11 is 5.76. The van der Waals surface area contributed by atoms with Crippen molar-refractivity contribution in [3.8, 4) is 0 Å². The zero-order valence-corrected chi connectivity index (χ0v) is 11.7. The van der Waals surface area contributed by atoms with E-state index in [9.17, 15) is 5.11 Å². The predicted molar refractivity (Wildman–Crippen MR) is 73.0 cm³/mol. The topological polar surface area (TPSA) is 83.0 Å². The molecule has 7 heteroatoms. The monoisotopic (exact) mass is 273 g/mol. The van der Waals surface area contributed by atoms with Crippen molar-refractivity contribution in [2.75, 3.05) is 24.2 Å². The van der Waals surface area contributed by atoms with Gasteiger partial charge in [-0.15, -0.1) is 0 Å². The van der Waals surface area contributed by atoms with Crippen LogP contribution in [0, 0.1) is 5.92 Å². The van der Waals surface area contributed by atoms with Crippen LogP contribution >= 0.6 is 11.6 Å². The van der Waals surface area contributed by atoms with Crippen LogP contribution in [0.5, 0.6) is 0 Å². The van der Waals surface area contributed by atoms with Crippen LogP contribution in [0.4, 0.5) is 11.9 Å². The van der Waals surface area contributed by atoms with Gasteiger partial charge in [-0.2, -0.15) is 15.0 Å². The van der Waals surface area contributed by atoms with E-state index in [1.807, 2.05) is 0 Å². The van der Waals surface area contributed by atoms with Crippen LogP contribution in [0.3, 0.4) is 0 Å². The van der Waals surface area contributed by atoms with E-state index in [4.69, 9.17) is 11.6 Å². The first-order valence-corrected chi connectivity index (χ1v) is 6.49. The molecular weight excluding hydrogens is 254 g/mol. The minimum atomic E-state index is -0.423.